The van der Waals surface area contributed by atoms with Gasteiger partial charge in [-0.25, -0.2) is 19.0 Å². The number of hydrogen-bond donors (Lipinski definition) is 2. The zero-order chi connectivity index (χ0) is 26.9. The summed E-state index contributed by atoms with van der Waals surface area (Å²) in [6.45, 7) is 1.20. The number of aromatic nitrogens is 5. The van der Waals surface area contributed by atoms with Gasteiger partial charge in [-0.2, -0.15) is 10.1 Å². The highest BCUT2D eigenvalue weighted by molar-refractivity contribution is 6.31. The Balaban J connectivity index is 1.24. The Kier molecular flexibility index (Phi) is 7.03. The maximum atomic E-state index is 14.1. The number of anilines is 3. The van der Waals surface area contributed by atoms with Gasteiger partial charge in [0.15, 0.2) is 17.0 Å². The molecule has 0 saturated heterocycles. The average Bonchev–Trinajstić information content (AvgIpc) is 3.52. The Morgan fingerprint density at radius 2 is 1.92 bits per heavy atom. The van der Waals surface area contributed by atoms with E-state index in [0.29, 0.717) is 35.9 Å². The minimum Gasteiger partial charge on any atom is -0.420 e. The van der Waals surface area contributed by atoms with Crippen LogP contribution in [0, 0.1) is 5.82 Å². The third-order valence-electron chi connectivity index (χ3n) is 6.97. The zero-order valence-electron chi connectivity index (χ0n) is 21.2. The van der Waals surface area contributed by atoms with Crippen LogP contribution in [-0.4, -0.2) is 51.2 Å². The zero-order valence-corrected chi connectivity index (χ0v) is 22.0. The molecule has 1 aliphatic carbocycles. The van der Waals surface area contributed by atoms with Crippen molar-refractivity contribution in [1.82, 2.24) is 24.7 Å². The lowest BCUT2D eigenvalue weighted by molar-refractivity contribution is -0.00691. The number of methoxy groups -OCH3 is 1. The summed E-state index contributed by atoms with van der Waals surface area (Å²) >= 11 is 5.93. The molecule has 12 heteroatoms. The van der Waals surface area contributed by atoms with E-state index in [4.69, 9.17) is 36.3 Å². The molecule has 2 aromatic carbocycles. The van der Waals surface area contributed by atoms with Gasteiger partial charge in [-0.15, -0.1) is 0 Å². The van der Waals surface area contributed by atoms with E-state index in [1.54, 1.807) is 13.2 Å². The Morgan fingerprint density at radius 3 is 2.69 bits per heavy atom. The molecule has 39 heavy (non-hydrogen) atoms. The normalized spacial score (nSPS) is 17.7. The molecule has 0 amide bonds. The lowest BCUT2D eigenvalue weighted by Crippen LogP contribution is -2.25. The lowest BCUT2D eigenvalue weighted by Gasteiger charge is -2.28. The van der Waals surface area contributed by atoms with E-state index in [9.17, 15) is 4.39 Å². The summed E-state index contributed by atoms with van der Waals surface area (Å²) in [6.07, 6.45) is 5.44. The van der Waals surface area contributed by atoms with Crippen LogP contribution in [0.3, 0.4) is 0 Å². The van der Waals surface area contributed by atoms with Crippen molar-refractivity contribution >= 4 is 51.3 Å². The number of benzene rings is 2. The molecule has 1 saturated carbocycles. The standard InChI is InChI=1S/C27H27ClFN7O3/c1-37-10-11-38-19-8-6-18(7-9-19)36-26-22(25(30)31-14-32-26)23(35-36)15-2-4-17(5-3-15)33-27-34-21-13-16(28)12-20(29)24(21)39-27/h2-5,12-14,18-19H,6-11H2,1H3,(H,33,34)(H2,30,31,32). The first-order valence-electron chi connectivity index (χ1n) is 12.7. The monoisotopic (exact) mass is 551 g/mol. The highest BCUT2D eigenvalue weighted by Gasteiger charge is 2.27. The highest BCUT2D eigenvalue weighted by Crippen LogP contribution is 2.37. The fraction of sp³-hybridized carbons (Fsp3) is 0.333. The van der Waals surface area contributed by atoms with Crippen molar-refractivity contribution in [2.24, 2.45) is 0 Å². The molecule has 0 unspecified atom stereocenters. The van der Waals surface area contributed by atoms with Gasteiger partial charge in [-0.05, 0) is 49.9 Å². The maximum absolute atomic E-state index is 14.1. The minimum absolute atomic E-state index is 0.0431. The van der Waals surface area contributed by atoms with Crippen molar-refractivity contribution in [2.75, 3.05) is 31.4 Å². The number of rotatable bonds is 8. The van der Waals surface area contributed by atoms with Crippen molar-refractivity contribution in [2.45, 2.75) is 37.8 Å². The second kappa shape index (κ2) is 10.8. The van der Waals surface area contributed by atoms with Gasteiger partial charge in [0.2, 0.25) is 0 Å². The first-order chi connectivity index (χ1) is 19.0. The molecule has 0 spiro atoms. The fourth-order valence-electron chi connectivity index (χ4n) is 5.05. The summed E-state index contributed by atoms with van der Waals surface area (Å²) in [6, 6.07) is 10.6. The Hall–Kier alpha value is -3.80. The van der Waals surface area contributed by atoms with Gasteiger partial charge in [-0.1, -0.05) is 23.7 Å². The molecule has 3 aromatic heterocycles. The molecule has 0 atom stereocenters. The summed E-state index contributed by atoms with van der Waals surface area (Å²) in [5.74, 6) is -0.185. The van der Waals surface area contributed by atoms with Crippen molar-refractivity contribution < 1.29 is 18.3 Å². The van der Waals surface area contributed by atoms with Crippen molar-refractivity contribution in [3.05, 3.63) is 53.6 Å². The number of nitrogens with two attached hydrogens (primary N) is 1. The molecule has 0 aliphatic heterocycles. The topological polar surface area (TPSA) is 126 Å². The number of nitrogens with one attached hydrogen (secondary N) is 1. The molecule has 1 fully saturated rings. The van der Waals surface area contributed by atoms with Crippen LogP contribution >= 0.6 is 11.6 Å². The SMILES string of the molecule is COCCOC1CCC(n2nc(-c3ccc(Nc4nc5cc(Cl)cc(F)c5o4)cc3)c3c(N)ncnc32)CC1. The maximum Gasteiger partial charge on any atom is 0.300 e. The molecule has 0 radical (unpaired) electrons. The molecular formula is C27H27ClFN7O3. The predicted molar refractivity (Wildman–Crippen MR) is 147 cm³/mol. The predicted octanol–water partition coefficient (Wildman–Crippen LogP) is 5.90. The molecule has 1 aliphatic rings. The van der Waals surface area contributed by atoms with Crippen LogP contribution in [0.25, 0.3) is 33.4 Å². The van der Waals surface area contributed by atoms with E-state index in [0.717, 1.165) is 42.3 Å². The number of oxazole rings is 1. The summed E-state index contributed by atoms with van der Waals surface area (Å²) in [7, 11) is 1.68. The molecular weight excluding hydrogens is 525 g/mol. The van der Waals surface area contributed by atoms with Gasteiger partial charge in [0.1, 0.15) is 23.4 Å². The number of halogens is 2. The van der Waals surface area contributed by atoms with Crippen LogP contribution in [0.15, 0.2) is 47.1 Å². The van der Waals surface area contributed by atoms with E-state index in [2.05, 4.69) is 20.3 Å². The van der Waals surface area contributed by atoms with Crippen LogP contribution in [0.2, 0.25) is 5.02 Å². The number of ether oxygens (including phenoxy) is 2. The Labute approximate surface area is 228 Å². The van der Waals surface area contributed by atoms with Gasteiger partial charge in [0, 0.05) is 23.4 Å². The fourth-order valence-corrected chi connectivity index (χ4v) is 5.25. The summed E-state index contributed by atoms with van der Waals surface area (Å²) in [4.78, 5) is 13.0. The van der Waals surface area contributed by atoms with Crippen LogP contribution in [0.4, 0.5) is 21.9 Å². The second-order valence-corrected chi connectivity index (χ2v) is 9.94. The third-order valence-corrected chi connectivity index (χ3v) is 7.19. The van der Waals surface area contributed by atoms with E-state index in [1.165, 1.54) is 12.4 Å². The number of nitrogen functional groups attached to an aromatic ring is 1. The van der Waals surface area contributed by atoms with Gasteiger partial charge >= 0.3 is 0 Å². The number of nitrogens with zero attached hydrogens (tertiary/aromatic N) is 5. The molecule has 3 heterocycles. The largest absolute Gasteiger partial charge is 0.420 e. The van der Waals surface area contributed by atoms with Crippen molar-refractivity contribution in [3.8, 4) is 11.3 Å². The van der Waals surface area contributed by atoms with Crippen molar-refractivity contribution in [1.29, 1.82) is 0 Å². The third kappa shape index (κ3) is 5.12. The van der Waals surface area contributed by atoms with Crippen LogP contribution in [0.5, 0.6) is 0 Å². The summed E-state index contributed by atoms with van der Waals surface area (Å²) in [5.41, 5.74) is 9.69. The van der Waals surface area contributed by atoms with Gasteiger partial charge in [-0.3, -0.25) is 0 Å². The van der Waals surface area contributed by atoms with Gasteiger partial charge in [0.25, 0.3) is 6.01 Å². The Morgan fingerprint density at radius 1 is 1.13 bits per heavy atom. The van der Waals surface area contributed by atoms with Gasteiger partial charge in [0.05, 0.1) is 30.7 Å². The molecule has 5 aromatic rings. The summed E-state index contributed by atoms with van der Waals surface area (Å²) in [5, 5.41) is 9.01. The molecule has 202 valence electrons. The lowest BCUT2D eigenvalue weighted by atomic mass is 9.93. The Bertz CT molecular complexity index is 1610. The van der Waals surface area contributed by atoms with E-state index >= 15 is 0 Å². The second-order valence-electron chi connectivity index (χ2n) is 9.50. The number of hydrogen-bond acceptors (Lipinski definition) is 9. The van der Waals surface area contributed by atoms with E-state index < -0.39 is 5.82 Å². The quantitative estimate of drug-likeness (QED) is 0.227. The van der Waals surface area contributed by atoms with Crippen LogP contribution < -0.4 is 11.1 Å². The van der Waals surface area contributed by atoms with Crippen LogP contribution in [0.1, 0.15) is 31.7 Å². The molecule has 0 bridgehead atoms. The number of fused-ring (bicyclic) bond motifs is 2. The first kappa shape index (κ1) is 25.5. The summed E-state index contributed by atoms with van der Waals surface area (Å²) < 4.78 is 32.7. The molecule has 10 nitrogen and oxygen atoms in total. The highest BCUT2D eigenvalue weighted by atomic mass is 35.5. The minimum atomic E-state index is -0.567. The van der Waals surface area contributed by atoms with E-state index in [-0.39, 0.29) is 28.8 Å². The first-order valence-corrected chi connectivity index (χ1v) is 13.1. The molecule has 6 rings (SSSR count). The van der Waals surface area contributed by atoms with Crippen molar-refractivity contribution in [3.63, 3.8) is 0 Å². The van der Waals surface area contributed by atoms with Crippen LogP contribution in [-0.2, 0) is 9.47 Å². The van der Waals surface area contributed by atoms with E-state index in [1.807, 2.05) is 28.9 Å². The smallest absolute Gasteiger partial charge is 0.300 e. The average molecular weight is 552 g/mol. The van der Waals surface area contributed by atoms with Gasteiger partial charge < -0.3 is 24.9 Å². The molecule has 3 N–H and O–H groups in total.